The molecule has 1 aromatic carbocycles. The highest BCUT2D eigenvalue weighted by atomic mass is 32.2. The van der Waals surface area contributed by atoms with E-state index >= 15 is 0 Å². The minimum absolute atomic E-state index is 0.00622. The number of carbonyl (C=O) groups excluding carboxylic acids is 2. The van der Waals surface area contributed by atoms with Crippen molar-refractivity contribution in [3.05, 3.63) is 35.4 Å². The van der Waals surface area contributed by atoms with Crippen molar-refractivity contribution in [2.75, 3.05) is 45.6 Å². The lowest BCUT2D eigenvalue weighted by atomic mass is 10.0. The summed E-state index contributed by atoms with van der Waals surface area (Å²) in [5, 5.41) is 3.01. The summed E-state index contributed by atoms with van der Waals surface area (Å²) >= 11 is 1.90. The molecule has 0 saturated carbocycles. The molecular weight excluding hydrogens is 362 g/mol. The van der Waals surface area contributed by atoms with Crippen LogP contribution in [0.5, 0.6) is 0 Å². The van der Waals surface area contributed by atoms with Crippen molar-refractivity contribution in [3.8, 4) is 0 Å². The first kappa shape index (κ1) is 20.0. The lowest BCUT2D eigenvalue weighted by molar-refractivity contribution is -0.158. The van der Waals surface area contributed by atoms with E-state index in [0.717, 1.165) is 24.3 Å². The van der Waals surface area contributed by atoms with Gasteiger partial charge in [-0.05, 0) is 36.6 Å². The molecule has 0 bridgehead atoms. The molecule has 0 unspecified atom stereocenters. The van der Waals surface area contributed by atoms with Gasteiger partial charge >= 0.3 is 6.03 Å². The maximum atomic E-state index is 12.4. The summed E-state index contributed by atoms with van der Waals surface area (Å²) in [4.78, 5) is 27.5. The zero-order chi connectivity index (χ0) is 19.3. The van der Waals surface area contributed by atoms with E-state index in [2.05, 4.69) is 36.5 Å². The fourth-order valence-corrected chi connectivity index (χ4v) is 4.63. The minimum Gasteiger partial charge on any atom is -0.361 e. The maximum absolute atomic E-state index is 12.4. The first-order chi connectivity index (χ1) is 13.0. The summed E-state index contributed by atoms with van der Waals surface area (Å²) in [5.41, 5.74) is 2.33. The normalized spacial score (nSPS) is 22.5. The molecule has 0 aliphatic carbocycles. The number of hydrogen-bond acceptors (Lipinski definition) is 4. The van der Waals surface area contributed by atoms with E-state index in [9.17, 15) is 9.59 Å². The highest BCUT2D eigenvalue weighted by molar-refractivity contribution is 7.98. The van der Waals surface area contributed by atoms with Gasteiger partial charge in [-0.3, -0.25) is 4.79 Å². The van der Waals surface area contributed by atoms with Crippen molar-refractivity contribution in [3.63, 3.8) is 0 Å². The molecule has 2 fully saturated rings. The molecule has 1 N–H and O–H groups in total. The van der Waals surface area contributed by atoms with Crippen LogP contribution in [0.3, 0.4) is 0 Å². The van der Waals surface area contributed by atoms with Crippen molar-refractivity contribution in [1.29, 1.82) is 0 Å². The van der Waals surface area contributed by atoms with E-state index in [1.807, 2.05) is 16.7 Å². The molecule has 2 aliphatic rings. The lowest BCUT2D eigenvalue weighted by Gasteiger charge is -2.38. The van der Waals surface area contributed by atoms with Crippen molar-refractivity contribution in [2.45, 2.75) is 31.1 Å². The van der Waals surface area contributed by atoms with Crippen LogP contribution in [-0.2, 0) is 15.3 Å². The lowest BCUT2D eigenvalue weighted by Crippen LogP contribution is -2.55. The number of nitrogens with one attached hydrogen (secondary N) is 1. The molecule has 1 atom stereocenters. The third-order valence-corrected chi connectivity index (χ3v) is 6.41. The number of aryl methyl sites for hydroxylation is 1. The molecule has 3 rings (SSSR count). The van der Waals surface area contributed by atoms with Crippen LogP contribution in [0.15, 0.2) is 24.3 Å². The number of likely N-dealkylation sites (N-methyl/N-ethyl adjacent to an activating group) is 1. The van der Waals surface area contributed by atoms with Gasteiger partial charge in [0.2, 0.25) is 5.91 Å². The van der Waals surface area contributed by atoms with E-state index in [4.69, 9.17) is 4.74 Å². The van der Waals surface area contributed by atoms with Crippen LogP contribution in [0.25, 0.3) is 0 Å². The number of rotatable bonds is 6. The van der Waals surface area contributed by atoms with Crippen LogP contribution in [0.1, 0.15) is 24.0 Å². The fraction of sp³-hybridized carbons (Fsp3) is 0.600. The average molecular weight is 392 g/mol. The number of urea groups is 1. The molecule has 7 heteroatoms. The van der Waals surface area contributed by atoms with Gasteiger partial charge in [0.1, 0.15) is 12.2 Å². The van der Waals surface area contributed by atoms with Gasteiger partial charge in [0, 0.05) is 25.9 Å². The molecule has 148 valence electrons. The fourth-order valence-electron chi connectivity index (χ4n) is 3.59. The summed E-state index contributed by atoms with van der Waals surface area (Å²) in [6, 6.07) is 8.43. The third-order valence-electron chi connectivity index (χ3n) is 5.32. The number of nitrogens with zero attached hydrogens (tertiary/aromatic N) is 2. The van der Waals surface area contributed by atoms with Crippen molar-refractivity contribution in [1.82, 2.24) is 15.1 Å². The van der Waals surface area contributed by atoms with Crippen molar-refractivity contribution < 1.29 is 14.3 Å². The monoisotopic (exact) mass is 391 g/mol. The molecule has 1 aromatic rings. The molecule has 0 aromatic heterocycles. The largest absolute Gasteiger partial charge is 0.361 e. The second kappa shape index (κ2) is 8.97. The Morgan fingerprint density at radius 3 is 2.93 bits per heavy atom. The van der Waals surface area contributed by atoms with Gasteiger partial charge in [0.15, 0.2) is 0 Å². The minimum atomic E-state index is -0.386. The number of benzene rings is 1. The number of amides is 3. The Labute approximate surface area is 165 Å². The highest BCUT2D eigenvalue weighted by Gasteiger charge is 2.45. The Morgan fingerprint density at radius 2 is 2.15 bits per heavy atom. The Kier molecular flexibility index (Phi) is 6.65. The van der Waals surface area contributed by atoms with Crippen molar-refractivity contribution >= 4 is 23.7 Å². The first-order valence-corrected chi connectivity index (χ1v) is 10.7. The summed E-state index contributed by atoms with van der Waals surface area (Å²) < 4.78 is 5.78. The Balaban J connectivity index is 1.32. The smallest absolute Gasteiger partial charge is 0.317 e. The van der Waals surface area contributed by atoms with E-state index in [0.29, 0.717) is 26.2 Å². The summed E-state index contributed by atoms with van der Waals surface area (Å²) in [6.45, 7) is 4.73. The number of thioether (sulfide) groups is 1. The standard InChI is InChI=1S/C20H29N3O3S/c1-16-6-3-4-7-17(16)13-27-11-5-9-21-19(25)23-10-8-20(15-23)14-22(2)18(24)12-26-20/h3-4,6-7H,5,8-15H2,1-2H3,(H,21,25)/t20-/m0/s1. The molecule has 0 radical (unpaired) electrons. The quantitative estimate of drug-likeness (QED) is 0.756. The number of carbonyl (C=O) groups is 2. The van der Waals surface area contributed by atoms with Crippen LogP contribution < -0.4 is 5.32 Å². The van der Waals surface area contributed by atoms with E-state index in [-0.39, 0.29) is 24.1 Å². The number of ether oxygens (including phenoxy) is 1. The average Bonchev–Trinajstić information content (AvgIpc) is 3.06. The Hall–Kier alpha value is -1.73. The van der Waals surface area contributed by atoms with Gasteiger partial charge in [0.25, 0.3) is 0 Å². The molecular formula is C20H29N3O3S. The Bertz CT molecular complexity index is 684. The van der Waals surface area contributed by atoms with Crippen molar-refractivity contribution in [2.24, 2.45) is 0 Å². The number of morpholine rings is 1. The van der Waals surface area contributed by atoms with Gasteiger partial charge in [-0.2, -0.15) is 11.8 Å². The Morgan fingerprint density at radius 1 is 1.33 bits per heavy atom. The third kappa shape index (κ3) is 5.17. The van der Waals surface area contributed by atoms with Gasteiger partial charge < -0.3 is 19.9 Å². The molecule has 2 saturated heterocycles. The molecule has 27 heavy (non-hydrogen) atoms. The second-order valence-corrected chi connectivity index (χ2v) is 8.56. The molecule has 3 amide bonds. The zero-order valence-corrected chi connectivity index (χ0v) is 17.0. The maximum Gasteiger partial charge on any atom is 0.317 e. The summed E-state index contributed by atoms with van der Waals surface area (Å²) in [5.74, 6) is 2.04. The highest BCUT2D eigenvalue weighted by Crippen LogP contribution is 2.29. The van der Waals surface area contributed by atoms with Crippen LogP contribution in [0.2, 0.25) is 0 Å². The van der Waals surface area contributed by atoms with Crippen LogP contribution in [0, 0.1) is 6.92 Å². The summed E-state index contributed by atoms with van der Waals surface area (Å²) in [6.07, 6.45) is 1.74. The molecule has 2 heterocycles. The second-order valence-electron chi connectivity index (χ2n) is 7.46. The first-order valence-electron chi connectivity index (χ1n) is 9.52. The van der Waals surface area contributed by atoms with Gasteiger partial charge in [-0.1, -0.05) is 24.3 Å². The van der Waals surface area contributed by atoms with Crippen LogP contribution in [0.4, 0.5) is 4.79 Å². The molecule has 2 aliphatic heterocycles. The van der Waals surface area contributed by atoms with E-state index < -0.39 is 0 Å². The molecule has 1 spiro atoms. The van der Waals surface area contributed by atoms with Crippen LogP contribution in [-0.4, -0.2) is 72.9 Å². The SMILES string of the molecule is Cc1ccccc1CSCCCNC(=O)N1CC[C@]2(CN(C)C(=O)CO2)C1. The van der Waals surface area contributed by atoms with Gasteiger partial charge in [-0.15, -0.1) is 0 Å². The van der Waals surface area contributed by atoms with E-state index in [1.165, 1.54) is 11.1 Å². The predicted molar refractivity (Wildman–Crippen MR) is 108 cm³/mol. The predicted octanol–water partition coefficient (Wildman–Crippen LogP) is 2.26. The van der Waals surface area contributed by atoms with Crippen LogP contribution >= 0.6 is 11.8 Å². The zero-order valence-electron chi connectivity index (χ0n) is 16.2. The van der Waals surface area contributed by atoms with E-state index in [1.54, 1.807) is 11.9 Å². The number of likely N-dealkylation sites (tertiary alicyclic amines) is 1. The topological polar surface area (TPSA) is 61.9 Å². The van der Waals surface area contributed by atoms with Gasteiger partial charge in [0.05, 0.1) is 13.1 Å². The summed E-state index contributed by atoms with van der Waals surface area (Å²) in [7, 11) is 1.80. The molecule has 6 nitrogen and oxygen atoms in total. The van der Waals surface area contributed by atoms with Gasteiger partial charge in [-0.25, -0.2) is 4.79 Å². The number of hydrogen-bond donors (Lipinski definition) is 1.